The predicted octanol–water partition coefficient (Wildman–Crippen LogP) is 3.72. The normalized spacial score (nSPS) is 19.6. The second kappa shape index (κ2) is 4.04. The molecule has 1 atom stereocenters. The third kappa shape index (κ3) is 2.18. The summed E-state index contributed by atoms with van der Waals surface area (Å²) < 4.78 is 0. The van der Waals surface area contributed by atoms with Crippen LogP contribution < -0.4 is 0 Å². The minimum atomic E-state index is -0.197. The fourth-order valence-electron chi connectivity index (χ4n) is 2.39. The van der Waals surface area contributed by atoms with Crippen molar-refractivity contribution in [3.8, 4) is 0 Å². The molecule has 16 heavy (non-hydrogen) atoms. The van der Waals surface area contributed by atoms with Crippen molar-refractivity contribution in [3.05, 3.63) is 35.4 Å². The molecule has 0 amide bonds. The molecule has 2 rings (SSSR count). The lowest BCUT2D eigenvalue weighted by Crippen LogP contribution is -2.21. The maximum absolute atomic E-state index is 12.0. The molecule has 0 saturated heterocycles. The van der Waals surface area contributed by atoms with E-state index >= 15 is 0 Å². The number of carbonyl (C=O) groups is 1. The van der Waals surface area contributed by atoms with Crippen molar-refractivity contribution in [2.24, 2.45) is 5.41 Å². The van der Waals surface area contributed by atoms with Crippen molar-refractivity contribution < 1.29 is 4.79 Å². The zero-order chi connectivity index (χ0) is 11.8. The summed E-state index contributed by atoms with van der Waals surface area (Å²) >= 11 is 0. The van der Waals surface area contributed by atoms with Crippen molar-refractivity contribution in [3.63, 3.8) is 0 Å². The summed E-state index contributed by atoms with van der Waals surface area (Å²) in [7, 11) is 0. The Balaban J connectivity index is 2.12. The van der Waals surface area contributed by atoms with E-state index in [4.69, 9.17) is 0 Å². The van der Waals surface area contributed by atoms with Gasteiger partial charge in [-0.25, -0.2) is 0 Å². The SMILES string of the molecule is CC(C)(C)C(=O)CC1CCc2ccccc21. The first-order valence-corrected chi connectivity index (χ1v) is 6.09. The molecule has 0 fully saturated rings. The highest BCUT2D eigenvalue weighted by atomic mass is 16.1. The molecule has 1 unspecified atom stereocenters. The van der Waals surface area contributed by atoms with E-state index in [0.717, 1.165) is 12.8 Å². The van der Waals surface area contributed by atoms with Gasteiger partial charge in [-0.05, 0) is 29.9 Å². The molecule has 0 saturated carbocycles. The zero-order valence-electron chi connectivity index (χ0n) is 10.4. The van der Waals surface area contributed by atoms with Gasteiger partial charge in [-0.3, -0.25) is 4.79 Å². The summed E-state index contributed by atoms with van der Waals surface area (Å²) in [5.41, 5.74) is 2.65. The number of aryl methyl sites for hydroxylation is 1. The summed E-state index contributed by atoms with van der Waals surface area (Å²) in [6.07, 6.45) is 2.99. The van der Waals surface area contributed by atoms with E-state index in [9.17, 15) is 4.79 Å². The number of fused-ring (bicyclic) bond motifs is 1. The second-order valence-corrected chi connectivity index (χ2v) is 5.81. The van der Waals surface area contributed by atoms with E-state index in [1.54, 1.807) is 0 Å². The standard InChI is InChI=1S/C15H20O/c1-15(2,3)14(16)10-12-9-8-11-6-4-5-7-13(11)12/h4-7,12H,8-10H2,1-3H3. The fraction of sp³-hybridized carbons (Fsp3) is 0.533. The Hall–Kier alpha value is -1.11. The van der Waals surface area contributed by atoms with E-state index in [1.807, 2.05) is 20.8 Å². The molecule has 0 heterocycles. The molecular formula is C15H20O. The number of benzene rings is 1. The number of hydrogen-bond acceptors (Lipinski definition) is 1. The summed E-state index contributed by atoms with van der Waals surface area (Å²) in [5, 5.41) is 0. The maximum Gasteiger partial charge on any atom is 0.138 e. The smallest absolute Gasteiger partial charge is 0.138 e. The Morgan fingerprint density at radius 3 is 2.69 bits per heavy atom. The largest absolute Gasteiger partial charge is 0.299 e. The van der Waals surface area contributed by atoms with Crippen molar-refractivity contribution in [1.29, 1.82) is 0 Å². The van der Waals surface area contributed by atoms with Crippen LogP contribution in [0, 0.1) is 5.41 Å². The highest BCUT2D eigenvalue weighted by Gasteiger charge is 2.28. The highest BCUT2D eigenvalue weighted by Crippen LogP contribution is 2.37. The van der Waals surface area contributed by atoms with Gasteiger partial charge in [-0.2, -0.15) is 0 Å². The second-order valence-electron chi connectivity index (χ2n) is 5.81. The lowest BCUT2D eigenvalue weighted by molar-refractivity contribution is -0.126. The fourth-order valence-corrected chi connectivity index (χ4v) is 2.39. The van der Waals surface area contributed by atoms with E-state index < -0.39 is 0 Å². The minimum absolute atomic E-state index is 0.197. The van der Waals surface area contributed by atoms with Gasteiger partial charge in [-0.1, -0.05) is 45.0 Å². The zero-order valence-corrected chi connectivity index (χ0v) is 10.4. The van der Waals surface area contributed by atoms with Crippen LogP contribution in [0.15, 0.2) is 24.3 Å². The van der Waals surface area contributed by atoms with Gasteiger partial charge in [0, 0.05) is 11.8 Å². The van der Waals surface area contributed by atoms with E-state index in [2.05, 4.69) is 24.3 Å². The summed E-state index contributed by atoms with van der Waals surface area (Å²) in [6.45, 7) is 6.03. The molecule has 0 spiro atoms. The molecular weight excluding hydrogens is 196 g/mol. The average Bonchev–Trinajstić information content (AvgIpc) is 2.61. The van der Waals surface area contributed by atoms with Crippen LogP contribution >= 0.6 is 0 Å². The Labute approximate surface area is 97.9 Å². The van der Waals surface area contributed by atoms with E-state index in [-0.39, 0.29) is 5.41 Å². The first-order valence-electron chi connectivity index (χ1n) is 6.09. The number of ketones is 1. The molecule has 1 aromatic carbocycles. The quantitative estimate of drug-likeness (QED) is 0.736. The van der Waals surface area contributed by atoms with Crippen LogP contribution in [-0.4, -0.2) is 5.78 Å². The maximum atomic E-state index is 12.0. The third-order valence-corrected chi connectivity index (χ3v) is 3.53. The number of hydrogen-bond donors (Lipinski definition) is 0. The molecule has 0 N–H and O–H groups in total. The van der Waals surface area contributed by atoms with Crippen LogP contribution in [0.25, 0.3) is 0 Å². The lowest BCUT2D eigenvalue weighted by Gasteiger charge is -2.19. The molecule has 86 valence electrons. The third-order valence-electron chi connectivity index (χ3n) is 3.53. The van der Waals surface area contributed by atoms with Gasteiger partial charge in [0.05, 0.1) is 0 Å². The van der Waals surface area contributed by atoms with Crippen molar-refractivity contribution in [2.45, 2.75) is 46.0 Å². The molecule has 0 aromatic heterocycles. The Morgan fingerprint density at radius 2 is 2.00 bits per heavy atom. The number of carbonyl (C=O) groups excluding carboxylic acids is 1. The predicted molar refractivity (Wildman–Crippen MR) is 66.6 cm³/mol. The van der Waals surface area contributed by atoms with Crippen molar-refractivity contribution in [2.75, 3.05) is 0 Å². The van der Waals surface area contributed by atoms with Crippen LogP contribution in [0.3, 0.4) is 0 Å². The summed E-state index contributed by atoms with van der Waals surface area (Å²) in [5.74, 6) is 0.845. The number of Topliss-reactive ketones (excluding diaryl/α,β-unsaturated/α-hetero) is 1. The average molecular weight is 216 g/mol. The van der Waals surface area contributed by atoms with Crippen LogP contribution in [0.4, 0.5) is 0 Å². The minimum Gasteiger partial charge on any atom is -0.299 e. The van der Waals surface area contributed by atoms with Crippen LogP contribution in [-0.2, 0) is 11.2 Å². The molecule has 0 bridgehead atoms. The summed E-state index contributed by atoms with van der Waals surface area (Å²) in [6, 6.07) is 8.55. The topological polar surface area (TPSA) is 17.1 Å². The number of rotatable bonds is 2. The van der Waals surface area contributed by atoms with Gasteiger partial charge in [-0.15, -0.1) is 0 Å². The van der Waals surface area contributed by atoms with Crippen LogP contribution in [0.1, 0.15) is 50.7 Å². The molecule has 1 aromatic rings. The van der Waals surface area contributed by atoms with Crippen molar-refractivity contribution >= 4 is 5.78 Å². The van der Waals surface area contributed by atoms with Crippen LogP contribution in [0.2, 0.25) is 0 Å². The lowest BCUT2D eigenvalue weighted by atomic mass is 9.83. The van der Waals surface area contributed by atoms with Gasteiger partial charge in [0.2, 0.25) is 0 Å². The monoisotopic (exact) mass is 216 g/mol. The van der Waals surface area contributed by atoms with Gasteiger partial charge in [0.25, 0.3) is 0 Å². The van der Waals surface area contributed by atoms with Gasteiger partial charge in [0.1, 0.15) is 5.78 Å². The highest BCUT2D eigenvalue weighted by molar-refractivity contribution is 5.84. The molecule has 1 nitrogen and oxygen atoms in total. The van der Waals surface area contributed by atoms with E-state index in [1.165, 1.54) is 11.1 Å². The molecule has 1 aliphatic carbocycles. The van der Waals surface area contributed by atoms with Crippen LogP contribution in [0.5, 0.6) is 0 Å². The van der Waals surface area contributed by atoms with Gasteiger partial charge in [0.15, 0.2) is 0 Å². The Morgan fingerprint density at radius 1 is 1.31 bits per heavy atom. The molecule has 0 radical (unpaired) electrons. The van der Waals surface area contributed by atoms with Gasteiger partial charge < -0.3 is 0 Å². The first kappa shape index (κ1) is 11.4. The Bertz CT molecular complexity index is 398. The Kier molecular flexibility index (Phi) is 2.88. The first-order chi connectivity index (χ1) is 7.48. The molecule has 1 heteroatoms. The summed E-state index contributed by atoms with van der Waals surface area (Å²) in [4.78, 5) is 12.0. The van der Waals surface area contributed by atoms with Gasteiger partial charge >= 0.3 is 0 Å². The van der Waals surface area contributed by atoms with Crippen molar-refractivity contribution in [1.82, 2.24) is 0 Å². The molecule has 1 aliphatic rings. The van der Waals surface area contributed by atoms with E-state index in [0.29, 0.717) is 18.1 Å². The molecule has 0 aliphatic heterocycles.